The summed E-state index contributed by atoms with van der Waals surface area (Å²) in [7, 11) is 0. The van der Waals surface area contributed by atoms with Crippen LogP contribution in [0.15, 0.2) is 34.1 Å². The molecule has 0 unspecified atom stereocenters. The lowest BCUT2D eigenvalue weighted by atomic mass is 9.95. The van der Waals surface area contributed by atoms with Crippen molar-refractivity contribution in [1.82, 2.24) is 15.2 Å². The summed E-state index contributed by atoms with van der Waals surface area (Å²) in [6, 6.07) is 8.00. The molecule has 0 spiro atoms. The van der Waals surface area contributed by atoms with E-state index in [9.17, 15) is 9.59 Å². The molecule has 0 radical (unpaired) electrons. The number of nitrogens with one attached hydrogen (secondary N) is 1. The van der Waals surface area contributed by atoms with Gasteiger partial charge in [-0.2, -0.15) is 0 Å². The zero-order valence-electron chi connectivity index (χ0n) is 15.4. The lowest BCUT2D eigenvalue weighted by molar-refractivity contribution is -0.135. The molecule has 2 amide bonds. The third kappa shape index (κ3) is 5.39. The summed E-state index contributed by atoms with van der Waals surface area (Å²) in [5, 5.41) is 5.83. The molecule has 5 nitrogen and oxygen atoms in total. The fourth-order valence-corrected chi connectivity index (χ4v) is 4.41. The molecular weight excluding hydrogens is 426 g/mol. The van der Waals surface area contributed by atoms with E-state index in [2.05, 4.69) is 26.2 Å². The standard InChI is InChI=1S/C20H24BrN3O2S/c1-2-8-22-19(26)14-6-9-24(10-7-14)18(25)12-17-13-27-20(23-17)15-4-3-5-16(21)11-15/h3-5,11,13-14H,2,6-10,12H2,1H3,(H,22,26). The zero-order valence-corrected chi connectivity index (χ0v) is 17.8. The van der Waals surface area contributed by atoms with Crippen molar-refractivity contribution in [2.75, 3.05) is 19.6 Å². The molecule has 1 aliphatic heterocycles. The summed E-state index contributed by atoms with van der Waals surface area (Å²) in [5.41, 5.74) is 1.86. The fourth-order valence-electron chi connectivity index (χ4n) is 3.19. The number of rotatable bonds is 6. The van der Waals surface area contributed by atoms with Gasteiger partial charge < -0.3 is 10.2 Å². The first-order valence-electron chi connectivity index (χ1n) is 9.32. The van der Waals surface area contributed by atoms with E-state index in [-0.39, 0.29) is 17.7 Å². The Morgan fingerprint density at radius 3 is 2.81 bits per heavy atom. The molecule has 0 atom stereocenters. The molecule has 1 N–H and O–H groups in total. The van der Waals surface area contributed by atoms with Crippen LogP contribution in [0.4, 0.5) is 0 Å². The number of benzene rings is 1. The van der Waals surface area contributed by atoms with E-state index in [4.69, 9.17) is 0 Å². The highest BCUT2D eigenvalue weighted by Gasteiger charge is 2.27. The van der Waals surface area contributed by atoms with Gasteiger partial charge in [0.25, 0.3) is 0 Å². The third-order valence-electron chi connectivity index (χ3n) is 4.72. The van der Waals surface area contributed by atoms with Crippen LogP contribution >= 0.6 is 27.3 Å². The van der Waals surface area contributed by atoms with Crippen LogP contribution in [0.2, 0.25) is 0 Å². The molecule has 7 heteroatoms. The molecule has 0 saturated carbocycles. The van der Waals surface area contributed by atoms with Crippen LogP contribution in [0.3, 0.4) is 0 Å². The average molecular weight is 450 g/mol. The largest absolute Gasteiger partial charge is 0.356 e. The fraction of sp³-hybridized carbons (Fsp3) is 0.450. The Kier molecular flexibility index (Phi) is 7.01. The normalized spacial score (nSPS) is 15.0. The number of hydrogen-bond donors (Lipinski definition) is 1. The van der Waals surface area contributed by atoms with E-state index < -0.39 is 0 Å². The van der Waals surface area contributed by atoms with Crippen molar-refractivity contribution >= 4 is 39.1 Å². The lowest BCUT2D eigenvalue weighted by Gasteiger charge is -2.31. The number of likely N-dealkylation sites (tertiary alicyclic amines) is 1. The third-order valence-corrected chi connectivity index (χ3v) is 6.16. The van der Waals surface area contributed by atoms with E-state index in [1.54, 1.807) is 11.3 Å². The van der Waals surface area contributed by atoms with Gasteiger partial charge in [-0.1, -0.05) is 35.0 Å². The highest BCUT2D eigenvalue weighted by Crippen LogP contribution is 2.27. The zero-order chi connectivity index (χ0) is 19.2. The predicted octanol–water partition coefficient (Wildman–Crippen LogP) is 3.88. The van der Waals surface area contributed by atoms with E-state index >= 15 is 0 Å². The predicted molar refractivity (Wildman–Crippen MR) is 112 cm³/mol. The molecule has 1 aromatic heterocycles. The molecule has 0 bridgehead atoms. The Labute approximate surface area is 172 Å². The lowest BCUT2D eigenvalue weighted by Crippen LogP contribution is -2.43. The van der Waals surface area contributed by atoms with Crippen molar-refractivity contribution in [2.24, 2.45) is 5.92 Å². The van der Waals surface area contributed by atoms with Gasteiger partial charge in [0.15, 0.2) is 0 Å². The Hall–Kier alpha value is -1.73. The van der Waals surface area contributed by atoms with Gasteiger partial charge in [-0.15, -0.1) is 11.3 Å². The number of thiazole rings is 1. The first kappa shape index (κ1) is 20.0. The van der Waals surface area contributed by atoms with E-state index in [1.165, 1.54) is 0 Å². The van der Waals surface area contributed by atoms with E-state index in [0.717, 1.165) is 46.5 Å². The SMILES string of the molecule is CCCNC(=O)C1CCN(C(=O)Cc2csc(-c3cccc(Br)c3)n2)CC1. The second-order valence-electron chi connectivity index (χ2n) is 6.78. The minimum Gasteiger partial charge on any atom is -0.356 e. The number of nitrogens with zero attached hydrogens (tertiary/aromatic N) is 2. The second kappa shape index (κ2) is 9.46. The van der Waals surface area contributed by atoms with Crippen LogP contribution in [-0.4, -0.2) is 41.3 Å². The number of carbonyl (C=O) groups excluding carboxylic acids is 2. The molecule has 1 aliphatic rings. The van der Waals surface area contributed by atoms with Gasteiger partial charge in [-0.05, 0) is 31.4 Å². The van der Waals surface area contributed by atoms with Crippen molar-refractivity contribution in [1.29, 1.82) is 0 Å². The monoisotopic (exact) mass is 449 g/mol. The van der Waals surface area contributed by atoms with Gasteiger partial charge in [-0.25, -0.2) is 4.98 Å². The van der Waals surface area contributed by atoms with Crippen molar-refractivity contribution in [2.45, 2.75) is 32.6 Å². The van der Waals surface area contributed by atoms with E-state index in [0.29, 0.717) is 19.5 Å². The van der Waals surface area contributed by atoms with Gasteiger partial charge in [-0.3, -0.25) is 9.59 Å². The van der Waals surface area contributed by atoms with Crippen molar-refractivity contribution in [3.63, 3.8) is 0 Å². The van der Waals surface area contributed by atoms with Crippen LogP contribution in [0, 0.1) is 5.92 Å². The molecule has 1 saturated heterocycles. The van der Waals surface area contributed by atoms with Crippen LogP contribution < -0.4 is 5.32 Å². The summed E-state index contributed by atoms with van der Waals surface area (Å²) >= 11 is 5.03. The van der Waals surface area contributed by atoms with Crippen molar-refractivity contribution < 1.29 is 9.59 Å². The van der Waals surface area contributed by atoms with Gasteiger partial charge in [0.2, 0.25) is 11.8 Å². The van der Waals surface area contributed by atoms with Gasteiger partial charge >= 0.3 is 0 Å². The maximum atomic E-state index is 12.6. The van der Waals surface area contributed by atoms with E-state index in [1.807, 2.05) is 41.5 Å². The Morgan fingerprint density at radius 1 is 1.33 bits per heavy atom. The van der Waals surface area contributed by atoms with Crippen LogP contribution in [0.1, 0.15) is 31.9 Å². The Balaban J connectivity index is 1.52. The number of halogens is 1. The minimum atomic E-state index is 0.0306. The van der Waals surface area contributed by atoms with Gasteiger partial charge in [0.05, 0.1) is 12.1 Å². The number of piperidine rings is 1. The molecular formula is C20H24BrN3O2S. The molecule has 27 heavy (non-hydrogen) atoms. The summed E-state index contributed by atoms with van der Waals surface area (Å²) in [5.74, 6) is 0.249. The molecule has 1 aromatic carbocycles. The number of hydrogen-bond acceptors (Lipinski definition) is 4. The quantitative estimate of drug-likeness (QED) is 0.727. The molecule has 2 aromatic rings. The van der Waals surface area contributed by atoms with Gasteiger partial charge in [0, 0.05) is 41.0 Å². The average Bonchev–Trinajstić information content (AvgIpc) is 3.14. The summed E-state index contributed by atoms with van der Waals surface area (Å²) in [4.78, 5) is 31.1. The van der Waals surface area contributed by atoms with Crippen LogP contribution in [-0.2, 0) is 16.0 Å². The second-order valence-corrected chi connectivity index (χ2v) is 8.55. The molecule has 3 rings (SSSR count). The van der Waals surface area contributed by atoms with Crippen LogP contribution in [0.5, 0.6) is 0 Å². The number of amides is 2. The smallest absolute Gasteiger partial charge is 0.228 e. The topological polar surface area (TPSA) is 62.3 Å². The Morgan fingerprint density at radius 2 is 2.11 bits per heavy atom. The maximum absolute atomic E-state index is 12.6. The maximum Gasteiger partial charge on any atom is 0.228 e. The molecule has 1 fully saturated rings. The highest BCUT2D eigenvalue weighted by molar-refractivity contribution is 9.10. The first-order valence-corrected chi connectivity index (χ1v) is 11.0. The number of aromatic nitrogens is 1. The highest BCUT2D eigenvalue weighted by atomic mass is 79.9. The first-order chi connectivity index (χ1) is 13.1. The summed E-state index contributed by atoms with van der Waals surface area (Å²) < 4.78 is 1.01. The molecule has 0 aliphatic carbocycles. The Bertz CT molecular complexity index is 800. The molecule has 144 valence electrons. The van der Waals surface area contributed by atoms with Crippen molar-refractivity contribution in [3.05, 3.63) is 39.8 Å². The summed E-state index contributed by atoms with van der Waals surface area (Å²) in [6.45, 7) is 4.06. The van der Waals surface area contributed by atoms with Gasteiger partial charge in [0.1, 0.15) is 5.01 Å². The van der Waals surface area contributed by atoms with Crippen LogP contribution in [0.25, 0.3) is 10.6 Å². The summed E-state index contributed by atoms with van der Waals surface area (Å²) in [6.07, 6.45) is 2.74. The van der Waals surface area contributed by atoms with Crippen molar-refractivity contribution in [3.8, 4) is 10.6 Å². The molecule has 2 heterocycles. The number of carbonyl (C=O) groups is 2. The minimum absolute atomic E-state index is 0.0306.